The van der Waals surface area contributed by atoms with Crippen molar-refractivity contribution in [3.05, 3.63) is 0 Å². The summed E-state index contributed by atoms with van der Waals surface area (Å²) in [5, 5.41) is 11.4. The number of nitrogens with two attached hydrogens (primary N) is 1. The maximum Gasteiger partial charge on any atom is 0.0625 e. The van der Waals surface area contributed by atoms with Crippen molar-refractivity contribution < 1.29 is 0 Å². The van der Waals surface area contributed by atoms with Crippen LogP contribution in [0.1, 0.15) is 6.42 Å². The molecule has 0 amide bonds. The van der Waals surface area contributed by atoms with E-state index in [2.05, 4.69) is 11.4 Å². The maximum atomic E-state index is 8.31. The van der Waals surface area contributed by atoms with Gasteiger partial charge in [0.1, 0.15) is 0 Å². The van der Waals surface area contributed by atoms with Crippen molar-refractivity contribution in [1.29, 1.82) is 5.26 Å². The van der Waals surface area contributed by atoms with Crippen molar-refractivity contribution in [1.82, 2.24) is 5.32 Å². The van der Waals surface area contributed by atoms with Crippen LogP contribution in [0, 0.1) is 17.2 Å². The Bertz CT molecular complexity index is 127. The third-order valence-electron chi connectivity index (χ3n) is 1.75. The Hall–Kier alpha value is -0.590. The zero-order chi connectivity index (χ0) is 6.69. The molecule has 0 aromatic carbocycles. The van der Waals surface area contributed by atoms with E-state index in [0.29, 0.717) is 12.3 Å². The number of nitriles is 1. The highest BCUT2D eigenvalue weighted by Gasteiger charge is 2.22. The molecule has 0 spiro atoms. The molecule has 1 fully saturated rings. The predicted molar refractivity (Wildman–Crippen MR) is 34.6 cm³/mol. The lowest BCUT2D eigenvalue weighted by molar-refractivity contribution is 0.526. The van der Waals surface area contributed by atoms with Crippen molar-refractivity contribution in [2.75, 3.05) is 13.1 Å². The lowest BCUT2D eigenvalue weighted by Gasteiger charge is -2.07. The largest absolute Gasteiger partial charge is 0.326 e. The molecule has 0 bridgehead atoms. The minimum absolute atomic E-state index is 0.199. The van der Waals surface area contributed by atoms with Crippen molar-refractivity contribution in [3.63, 3.8) is 0 Å². The Balaban J connectivity index is 2.33. The van der Waals surface area contributed by atoms with E-state index in [1.54, 1.807) is 0 Å². The van der Waals surface area contributed by atoms with Gasteiger partial charge in [-0.1, -0.05) is 0 Å². The minimum atomic E-state index is 0.199. The van der Waals surface area contributed by atoms with Gasteiger partial charge in [0.15, 0.2) is 0 Å². The first-order valence-electron chi connectivity index (χ1n) is 3.18. The molecule has 50 valence electrons. The monoisotopic (exact) mass is 125 g/mol. The second-order valence-corrected chi connectivity index (χ2v) is 2.44. The molecule has 0 aliphatic carbocycles. The van der Waals surface area contributed by atoms with Crippen molar-refractivity contribution in [2.45, 2.75) is 12.5 Å². The van der Waals surface area contributed by atoms with Crippen LogP contribution in [-0.4, -0.2) is 19.1 Å². The molecule has 9 heavy (non-hydrogen) atoms. The molecule has 0 unspecified atom stereocenters. The Morgan fingerprint density at radius 3 is 2.89 bits per heavy atom. The molecule has 3 N–H and O–H groups in total. The van der Waals surface area contributed by atoms with Crippen LogP contribution < -0.4 is 11.1 Å². The second kappa shape index (κ2) is 2.81. The molecule has 0 aromatic rings. The van der Waals surface area contributed by atoms with Gasteiger partial charge in [-0.05, 0) is 0 Å². The standard InChI is InChI=1S/C6H11N3/c7-2-1-5-3-9-4-6(5)8/h5-6,9H,1,3-4,8H2/t5-,6-/m0/s1. The molecule has 1 saturated heterocycles. The zero-order valence-corrected chi connectivity index (χ0v) is 5.30. The number of hydrogen-bond donors (Lipinski definition) is 2. The van der Waals surface area contributed by atoms with Crippen molar-refractivity contribution >= 4 is 0 Å². The zero-order valence-electron chi connectivity index (χ0n) is 5.30. The average Bonchev–Trinajstić information content (AvgIpc) is 2.18. The molecule has 1 aliphatic heterocycles. The maximum absolute atomic E-state index is 8.31. The van der Waals surface area contributed by atoms with Crippen LogP contribution in [0.2, 0.25) is 0 Å². The summed E-state index contributed by atoms with van der Waals surface area (Å²) in [6, 6.07) is 2.32. The fraction of sp³-hybridized carbons (Fsp3) is 0.833. The predicted octanol–water partition coefficient (Wildman–Crippen LogP) is -0.553. The first-order chi connectivity index (χ1) is 4.34. The fourth-order valence-corrected chi connectivity index (χ4v) is 1.09. The lowest BCUT2D eigenvalue weighted by atomic mass is 10.0. The van der Waals surface area contributed by atoms with Crippen LogP contribution in [0.4, 0.5) is 0 Å². The van der Waals surface area contributed by atoms with Gasteiger partial charge in [0.2, 0.25) is 0 Å². The molecular weight excluding hydrogens is 114 g/mol. The van der Waals surface area contributed by atoms with Gasteiger partial charge in [-0.2, -0.15) is 5.26 Å². The SMILES string of the molecule is N#CC[C@H]1CNC[C@@H]1N. The highest BCUT2D eigenvalue weighted by molar-refractivity contribution is 4.89. The van der Waals surface area contributed by atoms with Gasteiger partial charge in [0.25, 0.3) is 0 Å². The normalized spacial score (nSPS) is 34.2. The molecule has 0 saturated carbocycles. The van der Waals surface area contributed by atoms with Gasteiger partial charge >= 0.3 is 0 Å². The number of rotatable bonds is 1. The number of hydrogen-bond acceptors (Lipinski definition) is 3. The summed E-state index contributed by atoms with van der Waals surface area (Å²) in [6.07, 6.45) is 0.591. The van der Waals surface area contributed by atoms with Crippen LogP contribution in [0.5, 0.6) is 0 Å². The first kappa shape index (κ1) is 6.53. The Morgan fingerprint density at radius 2 is 2.44 bits per heavy atom. The highest BCUT2D eigenvalue weighted by atomic mass is 15.0. The Labute approximate surface area is 54.8 Å². The van der Waals surface area contributed by atoms with Gasteiger partial charge in [-0.3, -0.25) is 0 Å². The average molecular weight is 125 g/mol. The third kappa shape index (κ3) is 1.41. The van der Waals surface area contributed by atoms with Crippen LogP contribution in [0.15, 0.2) is 0 Å². The molecule has 1 heterocycles. The summed E-state index contributed by atoms with van der Waals surface area (Å²) in [7, 11) is 0. The third-order valence-corrected chi connectivity index (χ3v) is 1.75. The molecule has 2 atom stereocenters. The molecule has 3 nitrogen and oxygen atoms in total. The topological polar surface area (TPSA) is 61.8 Å². The van der Waals surface area contributed by atoms with E-state index in [1.807, 2.05) is 0 Å². The second-order valence-electron chi connectivity index (χ2n) is 2.44. The minimum Gasteiger partial charge on any atom is -0.326 e. The van der Waals surface area contributed by atoms with Crippen LogP contribution in [0.25, 0.3) is 0 Å². The first-order valence-corrected chi connectivity index (χ1v) is 3.18. The van der Waals surface area contributed by atoms with Gasteiger partial charge in [0.05, 0.1) is 6.07 Å². The molecule has 1 aliphatic rings. The summed E-state index contributed by atoms with van der Waals surface area (Å²) >= 11 is 0. The molecule has 0 aromatic heterocycles. The molecular formula is C6H11N3. The summed E-state index contributed by atoms with van der Waals surface area (Å²) in [4.78, 5) is 0. The Kier molecular flexibility index (Phi) is 2.04. The van der Waals surface area contributed by atoms with E-state index < -0.39 is 0 Å². The molecule has 0 radical (unpaired) electrons. The quantitative estimate of drug-likeness (QED) is 0.494. The van der Waals surface area contributed by atoms with E-state index >= 15 is 0 Å². The smallest absolute Gasteiger partial charge is 0.0625 e. The lowest BCUT2D eigenvalue weighted by Crippen LogP contribution is -2.28. The van der Waals surface area contributed by atoms with Gasteiger partial charge in [0, 0.05) is 31.5 Å². The van der Waals surface area contributed by atoms with E-state index in [0.717, 1.165) is 13.1 Å². The van der Waals surface area contributed by atoms with Gasteiger partial charge in [-0.15, -0.1) is 0 Å². The van der Waals surface area contributed by atoms with Crippen molar-refractivity contribution in [3.8, 4) is 6.07 Å². The molecule has 3 heteroatoms. The van der Waals surface area contributed by atoms with Crippen LogP contribution >= 0.6 is 0 Å². The van der Waals surface area contributed by atoms with E-state index in [9.17, 15) is 0 Å². The Morgan fingerprint density at radius 1 is 1.67 bits per heavy atom. The van der Waals surface area contributed by atoms with E-state index in [4.69, 9.17) is 11.0 Å². The molecule has 1 rings (SSSR count). The highest BCUT2D eigenvalue weighted by Crippen LogP contribution is 2.09. The van der Waals surface area contributed by atoms with Crippen LogP contribution in [0.3, 0.4) is 0 Å². The van der Waals surface area contributed by atoms with Gasteiger partial charge < -0.3 is 11.1 Å². The number of nitrogens with one attached hydrogen (secondary N) is 1. The van der Waals surface area contributed by atoms with Crippen molar-refractivity contribution in [2.24, 2.45) is 11.7 Å². The summed E-state index contributed by atoms with van der Waals surface area (Å²) < 4.78 is 0. The van der Waals surface area contributed by atoms with Crippen LogP contribution in [-0.2, 0) is 0 Å². The fourth-order valence-electron chi connectivity index (χ4n) is 1.09. The van der Waals surface area contributed by atoms with E-state index in [-0.39, 0.29) is 6.04 Å². The summed E-state index contributed by atoms with van der Waals surface area (Å²) in [5.74, 6) is 0.384. The summed E-state index contributed by atoms with van der Waals surface area (Å²) in [5.41, 5.74) is 5.65. The van der Waals surface area contributed by atoms with E-state index in [1.165, 1.54) is 0 Å². The van der Waals surface area contributed by atoms with Gasteiger partial charge in [-0.25, -0.2) is 0 Å². The summed E-state index contributed by atoms with van der Waals surface area (Å²) in [6.45, 7) is 1.78. The number of nitrogens with zero attached hydrogens (tertiary/aromatic N) is 1.